The number of amides is 1. The van der Waals surface area contributed by atoms with Gasteiger partial charge in [-0.15, -0.1) is 0 Å². The minimum absolute atomic E-state index is 0.130. The van der Waals surface area contributed by atoms with Gasteiger partial charge in [-0.2, -0.15) is 0 Å². The highest BCUT2D eigenvalue weighted by Gasteiger charge is 2.20. The summed E-state index contributed by atoms with van der Waals surface area (Å²) < 4.78 is 5.18. The maximum atomic E-state index is 12.2. The number of anilines is 1. The Kier molecular flexibility index (Phi) is 6.64. The van der Waals surface area contributed by atoms with Gasteiger partial charge in [0.25, 0.3) is 5.91 Å². The molecule has 0 aromatic heterocycles. The third-order valence-corrected chi connectivity index (χ3v) is 4.35. The molecule has 0 radical (unpaired) electrons. The Bertz CT molecular complexity index is 612. The third-order valence-electron chi connectivity index (χ3n) is 4.35. The summed E-state index contributed by atoms with van der Waals surface area (Å²) in [5, 5.41) is 2.60. The molecule has 1 aliphatic heterocycles. The predicted molar refractivity (Wildman–Crippen MR) is 104 cm³/mol. The van der Waals surface area contributed by atoms with Crippen LogP contribution in [0.2, 0.25) is 0 Å². The third kappa shape index (κ3) is 6.02. The zero-order chi connectivity index (χ0) is 19.3. The molecule has 1 N–H and O–H groups in total. The van der Waals surface area contributed by atoms with Crippen LogP contribution >= 0.6 is 0 Å². The number of nitrogens with zero attached hydrogens (tertiary/aromatic N) is 2. The van der Waals surface area contributed by atoms with Crippen LogP contribution < -0.4 is 10.2 Å². The van der Waals surface area contributed by atoms with E-state index in [4.69, 9.17) is 4.74 Å². The molecule has 6 heteroatoms. The summed E-state index contributed by atoms with van der Waals surface area (Å²) in [7, 11) is 0. The van der Waals surface area contributed by atoms with Crippen molar-refractivity contribution in [2.45, 2.75) is 46.3 Å². The fraction of sp³-hybridized carbons (Fsp3) is 0.600. The van der Waals surface area contributed by atoms with Gasteiger partial charge in [-0.05, 0) is 58.9 Å². The summed E-state index contributed by atoms with van der Waals surface area (Å²) in [6, 6.07) is 8.11. The van der Waals surface area contributed by atoms with E-state index in [1.54, 1.807) is 32.9 Å². The monoisotopic (exact) mass is 361 g/mol. The van der Waals surface area contributed by atoms with Crippen LogP contribution in [0.1, 0.15) is 45.0 Å². The smallest absolute Gasteiger partial charge is 0.325 e. The fourth-order valence-electron chi connectivity index (χ4n) is 2.95. The molecule has 2 rings (SSSR count). The van der Waals surface area contributed by atoms with Gasteiger partial charge in [-0.25, -0.2) is 0 Å². The van der Waals surface area contributed by atoms with Crippen LogP contribution in [0.3, 0.4) is 0 Å². The molecule has 26 heavy (non-hydrogen) atoms. The molecule has 144 valence electrons. The van der Waals surface area contributed by atoms with Crippen molar-refractivity contribution in [3.05, 3.63) is 29.8 Å². The van der Waals surface area contributed by atoms with E-state index in [0.29, 0.717) is 11.6 Å². The fourth-order valence-corrected chi connectivity index (χ4v) is 2.95. The lowest BCUT2D eigenvalue weighted by Crippen LogP contribution is -2.48. The van der Waals surface area contributed by atoms with Crippen LogP contribution in [0, 0.1) is 0 Å². The van der Waals surface area contributed by atoms with Crippen LogP contribution in [-0.4, -0.2) is 61.1 Å². The SMILES string of the molecule is CC(C)N1CCN(c2ccc(C(=O)NCC(=O)OC(C)(C)C)cc2)CC1. The van der Waals surface area contributed by atoms with E-state index in [0.717, 1.165) is 31.9 Å². The van der Waals surface area contributed by atoms with Crippen molar-refractivity contribution in [3.8, 4) is 0 Å². The predicted octanol–water partition coefficient (Wildman–Crippen LogP) is 2.29. The second-order valence-corrected chi connectivity index (χ2v) is 7.93. The molecule has 6 nitrogen and oxygen atoms in total. The first-order chi connectivity index (χ1) is 12.2. The number of benzene rings is 1. The van der Waals surface area contributed by atoms with Crippen LogP contribution in [0.4, 0.5) is 5.69 Å². The van der Waals surface area contributed by atoms with Crippen LogP contribution in [0.15, 0.2) is 24.3 Å². The minimum Gasteiger partial charge on any atom is -0.459 e. The Balaban J connectivity index is 1.85. The van der Waals surface area contributed by atoms with Crippen molar-refractivity contribution >= 4 is 17.6 Å². The van der Waals surface area contributed by atoms with E-state index in [1.165, 1.54) is 0 Å². The first-order valence-electron chi connectivity index (χ1n) is 9.25. The summed E-state index contributed by atoms with van der Waals surface area (Å²) in [5.41, 5.74) is 1.11. The van der Waals surface area contributed by atoms with Gasteiger partial charge in [0, 0.05) is 43.5 Å². The molecule has 0 aliphatic carbocycles. The topological polar surface area (TPSA) is 61.9 Å². The molecule has 0 atom stereocenters. The Morgan fingerprint density at radius 1 is 1.08 bits per heavy atom. The first kappa shape index (κ1) is 20.2. The quantitative estimate of drug-likeness (QED) is 0.816. The van der Waals surface area contributed by atoms with Crippen molar-refractivity contribution in [1.82, 2.24) is 10.2 Å². The van der Waals surface area contributed by atoms with E-state index in [1.807, 2.05) is 12.1 Å². The van der Waals surface area contributed by atoms with Crippen molar-refractivity contribution < 1.29 is 14.3 Å². The van der Waals surface area contributed by atoms with Gasteiger partial charge in [-0.3, -0.25) is 14.5 Å². The van der Waals surface area contributed by atoms with Crippen LogP contribution in [0.5, 0.6) is 0 Å². The van der Waals surface area contributed by atoms with Gasteiger partial charge in [-0.1, -0.05) is 0 Å². The number of carbonyl (C=O) groups excluding carboxylic acids is 2. The molecule has 1 heterocycles. The summed E-state index contributed by atoms with van der Waals surface area (Å²) in [5.74, 6) is -0.711. The molecule has 1 aromatic rings. The Morgan fingerprint density at radius 3 is 2.15 bits per heavy atom. The zero-order valence-corrected chi connectivity index (χ0v) is 16.5. The normalized spacial score (nSPS) is 15.8. The molecular weight excluding hydrogens is 330 g/mol. The largest absolute Gasteiger partial charge is 0.459 e. The number of esters is 1. The van der Waals surface area contributed by atoms with Crippen LogP contribution in [0.25, 0.3) is 0 Å². The molecule has 1 fully saturated rings. The minimum atomic E-state index is -0.553. The lowest BCUT2D eigenvalue weighted by atomic mass is 10.1. The molecule has 0 spiro atoms. The first-order valence-corrected chi connectivity index (χ1v) is 9.25. The van der Waals surface area contributed by atoms with Crippen molar-refractivity contribution in [1.29, 1.82) is 0 Å². The van der Waals surface area contributed by atoms with Gasteiger partial charge < -0.3 is 15.0 Å². The molecule has 0 saturated carbocycles. The molecule has 1 aliphatic rings. The summed E-state index contributed by atoms with van der Waals surface area (Å²) in [6.45, 7) is 13.8. The maximum absolute atomic E-state index is 12.2. The van der Waals surface area contributed by atoms with E-state index >= 15 is 0 Å². The van der Waals surface area contributed by atoms with Gasteiger partial charge in [0.2, 0.25) is 0 Å². The van der Waals surface area contributed by atoms with Gasteiger partial charge in [0.1, 0.15) is 12.1 Å². The zero-order valence-electron chi connectivity index (χ0n) is 16.5. The van der Waals surface area contributed by atoms with Crippen molar-refractivity contribution in [3.63, 3.8) is 0 Å². The molecule has 0 unspecified atom stereocenters. The van der Waals surface area contributed by atoms with Crippen LogP contribution in [-0.2, 0) is 9.53 Å². The number of nitrogens with one attached hydrogen (secondary N) is 1. The molecule has 0 bridgehead atoms. The highest BCUT2D eigenvalue weighted by molar-refractivity contribution is 5.96. The number of carbonyl (C=O) groups is 2. The van der Waals surface area contributed by atoms with E-state index in [9.17, 15) is 9.59 Å². The molecular formula is C20H31N3O3. The second kappa shape index (κ2) is 8.54. The van der Waals surface area contributed by atoms with E-state index in [-0.39, 0.29) is 12.5 Å². The van der Waals surface area contributed by atoms with E-state index in [2.05, 4.69) is 29.0 Å². The van der Waals surface area contributed by atoms with Gasteiger partial charge >= 0.3 is 5.97 Å². The maximum Gasteiger partial charge on any atom is 0.325 e. The number of piperazine rings is 1. The lowest BCUT2D eigenvalue weighted by Gasteiger charge is -2.38. The molecule has 1 aromatic carbocycles. The summed E-state index contributed by atoms with van der Waals surface area (Å²) >= 11 is 0. The van der Waals surface area contributed by atoms with E-state index < -0.39 is 11.6 Å². The summed E-state index contributed by atoms with van der Waals surface area (Å²) in [6.07, 6.45) is 0. The Hall–Kier alpha value is -2.08. The summed E-state index contributed by atoms with van der Waals surface area (Å²) in [4.78, 5) is 28.7. The standard InChI is InChI=1S/C20H31N3O3/c1-15(2)22-10-12-23(13-11-22)17-8-6-16(7-9-17)19(25)21-14-18(24)26-20(3,4)5/h6-9,15H,10-14H2,1-5H3,(H,21,25). The Morgan fingerprint density at radius 2 is 1.65 bits per heavy atom. The number of hydrogen-bond acceptors (Lipinski definition) is 5. The Labute approximate surface area is 156 Å². The molecule has 1 amide bonds. The highest BCUT2D eigenvalue weighted by Crippen LogP contribution is 2.18. The average molecular weight is 361 g/mol. The van der Waals surface area contributed by atoms with Crippen molar-refractivity contribution in [2.75, 3.05) is 37.6 Å². The second-order valence-electron chi connectivity index (χ2n) is 7.93. The lowest BCUT2D eigenvalue weighted by molar-refractivity contribution is -0.153. The van der Waals surface area contributed by atoms with Crippen molar-refractivity contribution in [2.24, 2.45) is 0 Å². The number of rotatable bonds is 5. The highest BCUT2D eigenvalue weighted by atomic mass is 16.6. The number of hydrogen-bond donors (Lipinski definition) is 1. The average Bonchev–Trinajstić information content (AvgIpc) is 2.58. The number of ether oxygens (including phenoxy) is 1. The van der Waals surface area contributed by atoms with Gasteiger partial charge in [0.15, 0.2) is 0 Å². The molecule has 1 saturated heterocycles. The van der Waals surface area contributed by atoms with Gasteiger partial charge in [0.05, 0.1) is 0 Å².